The monoisotopic (exact) mass is 1490 g/mol. The zero-order chi connectivity index (χ0) is 75.5. The predicted octanol–water partition coefficient (Wildman–Crippen LogP) is 14.6. The molecule has 0 aliphatic carbocycles. The smallest absolute Gasteiger partial charge is 0.413 e. The van der Waals surface area contributed by atoms with Crippen LogP contribution in [0.1, 0.15) is 146 Å². The summed E-state index contributed by atoms with van der Waals surface area (Å²) in [5.74, 6) is -1.86. The molecule has 1 fully saturated rings. The molecule has 0 saturated carbocycles. The Hall–Kier alpha value is -9.66. The summed E-state index contributed by atoms with van der Waals surface area (Å²) in [5.41, 5.74) is 7.60. The Kier molecular flexibility index (Phi) is 25.8. The number of hydrogen-bond donors (Lipinski definition) is 6. The first kappa shape index (κ1) is 79.0. The average Bonchev–Trinajstić information content (AvgIpc) is 1.63. The molecule has 9 aromatic rings. The first-order chi connectivity index (χ1) is 48.6. The number of carbonyl (C=O) groups excluding carboxylic acids is 3. The van der Waals surface area contributed by atoms with Crippen LogP contribution in [-0.4, -0.2) is 107 Å². The van der Waals surface area contributed by atoms with Crippen LogP contribution in [0.5, 0.6) is 0 Å². The van der Waals surface area contributed by atoms with Gasteiger partial charge in [-0.05, 0) is 113 Å². The van der Waals surface area contributed by atoms with Crippen molar-refractivity contribution in [2.45, 2.75) is 130 Å². The van der Waals surface area contributed by atoms with Crippen LogP contribution < -0.4 is 21.7 Å². The van der Waals surface area contributed by atoms with Crippen molar-refractivity contribution >= 4 is 58.5 Å². The Balaban J connectivity index is 0.000000210. The lowest BCUT2D eigenvalue weighted by Crippen LogP contribution is -2.58. The summed E-state index contributed by atoms with van der Waals surface area (Å²) in [4.78, 5) is 49.2. The second kappa shape index (κ2) is 33.6. The Morgan fingerprint density at radius 2 is 1.19 bits per heavy atom. The summed E-state index contributed by atoms with van der Waals surface area (Å²) in [6, 6.07) is 30.5. The van der Waals surface area contributed by atoms with Gasteiger partial charge in [-0.15, -0.1) is 0 Å². The predicted molar refractivity (Wildman–Crippen MR) is 372 cm³/mol. The highest BCUT2D eigenvalue weighted by atomic mass is 35.5. The molecule has 22 nitrogen and oxygen atoms in total. The largest absolute Gasteiger partial charge is 0.461 e. The number of nitrogens with two attached hydrogens (primary N) is 1. The standard InChI is InChI=1S/C30H30ClF4N7O2.C29H34F2N4O4S.C11H11ClF2N4O/c1-17-39-30(15-29(2,3)4,21-8-5-18(6-9-21)20-12-37-40(13-20)28(34)35)27(44)41(17)24(14-43)19-7-10-22(31)23(11-19)42-26(25(32)33)36-16-38-42;1-19(2)39-24(36)29(18-28(3,4)5,34-26(40)33-27(37)38-17-20-9-7-6-8-10-20)23-13-11-21(12-14-23)22-15-32-35(16-22)25(30)31;12-7-2-1-6(8(15)4-19)3-9(7)18-11(10(13)14)16-5-17-18/h5-13,16,24-25,28,39,43H,1,14-15H2,2-4H3;6-16,19,25H,17-18H2,1-5H3,(H2,33,34,37,40);1-3,5,8,10,19H,4,15H2/t24-,30-;29-;8-/m111/s1. The normalized spacial score (nSPS) is 15.1. The molecule has 5 aromatic carbocycles. The molecule has 1 aliphatic heterocycles. The van der Waals surface area contributed by atoms with Crippen molar-refractivity contribution in [3.05, 3.63) is 215 Å². The van der Waals surface area contributed by atoms with Gasteiger partial charge in [0.1, 0.15) is 30.6 Å². The van der Waals surface area contributed by atoms with Gasteiger partial charge in [-0.2, -0.15) is 38.0 Å². The molecule has 1 saturated heterocycles. The molecule has 548 valence electrons. The molecule has 2 amide bonds. The Morgan fingerprint density at radius 3 is 1.65 bits per heavy atom. The van der Waals surface area contributed by atoms with Crippen LogP contribution in [0.25, 0.3) is 33.6 Å². The van der Waals surface area contributed by atoms with E-state index in [1.54, 1.807) is 74.5 Å². The SMILES string of the molecule is C=C1N[C@](CC(C)(C)C)(c2ccc(-c3cnn(C(F)F)c3)cc2)C(=O)N1[C@H](CO)c1ccc(Cl)c(-n2ncnc2C(F)F)c1.CC(C)OC(=O)[C@](CC(C)(C)C)(NC(=S)NC(=O)OCc1ccccc1)c1ccc(-c2cnn(C(F)F)c2)cc1.N[C@H](CO)c1ccc(Cl)c(-n2ncnc2C(F)F)c1. The number of hydrogen-bond acceptors (Lipinski definition) is 16. The summed E-state index contributed by atoms with van der Waals surface area (Å²) in [6.07, 6.45) is 0.855. The molecule has 4 atom stereocenters. The maximum atomic E-state index is 14.5. The van der Waals surface area contributed by atoms with Gasteiger partial charge in [0.05, 0.1) is 65.2 Å². The minimum Gasteiger partial charge on any atom is -0.461 e. The molecule has 5 heterocycles. The van der Waals surface area contributed by atoms with E-state index < -0.39 is 90.9 Å². The number of ether oxygens (including phenoxy) is 2. The molecule has 0 radical (unpaired) electrons. The number of aromatic nitrogens is 10. The van der Waals surface area contributed by atoms with Gasteiger partial charge >= 0.3 is 25.2 Å². The number of nitrogens with one attached hydrogen (secondary N) is 3. The molecular formula is C70H75Cl2F8N15O7S. The van der Waals surface area contributed by atoms with Crippen LogP contribution in [-0.2, 0) is 36.7 Å². The van der Waals surface area contributed by atoms with Crippen molar-refractivity contribution in [1.82, 2.24) is 69.9 Å². The van der Waals surface area contributed by atoms with E-state index in [0.29, 0.717) is 60.3 Å². The van der Waals surface area contributed by atoms with E-state index in [-0.39, 0.29) is 63.3 Å². The first-order valence-electron chi connectivity index (χ1n) is 31.7. The third-order valence-corrected chi connectivity index (χ3v) is 16.6. The van der Waals surface area contributed by atoms with E-state index in [0.717, 1.165) is 27.6 Å². The lowest BCUT2D eigenvalue weighted by molar-refractivity contribution is -0.157. The van der Waals surface area contributed by atoms with Gasteiger partial charge in [0, 0.05) is 23.5 Å². The van der Waals surface area contributed by atoms with Gasteiger partial charge in [0.2, 0.25) is 0 Å². The highest BCUT2D eigenvalue weighted by molar-refractivity contribution is 7.80. The molecule has 7 N–H and O–H groups in total. The minimum atomic E-state index is -2.92. The quantitative estimate of drug-likeness (QED) is 0.0209. The Morgan fingerprint density at radius 1 is 0.689 bits per heavy atom. The van der Waals surface area contributed by atoms with Gasteiger partial charge in [-0.25, -0.2) is 55.8 Å². The zero-order valence-electron chi connectivity index (χ0n) is 56.8. The fourth-order valence-electron chi connectivity index (χ4n) is 11.4. The van der Waals surface area contributed by atoms with Crippen molar-refractivity contribution < 1.29 is 69.2 Å². The van der Waals surface area contributed by atoms with Crippen LogP contribution in [0.15, 0.2) is 165 Å². The maximum Gasteiger partial charge on any atom is 0.413 e. The number of aliphatic hydroxyl groups excluding tert-OH is 2. The number of carbonyl (C=O) groups is 3. The fourth-order valence-corrected chi connectivity index (χ4v) is 12.0. The molecular weight excluding hydrogens is 1420 g/mol. The molecule has 103 heavy (non-hydrogen) atoms. The van der Waals surface area contributed by atoms with E-state index in [9.17, 15) is 54.6 Å². The topological polar surface area (TPSA) is 273 Å². The number of aliphatic hydroxyl groups is 2. The highest BCUT2D eigenvalue weighted by Gasteiger charge is 2.54. The Labute approximate surface area is 602 Å². The third kappa shape index (κ3) is 19.4. The molecule has 33 heteroatoms. The second-order valence-corrected chi connectivity index (χ2v) is 27.5. The second-order valence-electron chi connectivity index (χ2n) is 26.3. The number of esters is 1. The summed E-state index contributed by atoms with van der Waals surface area (Å²) < 4.78 is 119. The molecule has 0 spiro atoms. The van der Waals surface area contributed by atoms with Crippen molar-refractivity contribution in [2.75, 3.05) is 13.2 Å². The average molecular weight is 1490 g/mol. The maximum absolute atomic E-state index is 14.5. The number of amides is 2. The summed E-state index contributed by atoms with van der Waals surface area (Å²) >= 11 is 17.8. The van der Waals surface area contributed by atoms with Crippen molar-refractivity contribution in [1.29, 1.82) is 0 Å². The number of benzene rings is 5. The lowest BCUT2D eigenvalue weighted by atomic mass is 9.75. The number of halogens is 10. The van der Waals surface area contributed by atoms with Gasteiger partial charge in [0.15, 0.2) is 22.3 Å². The van der Waals surface area contributed by atoms with E-state index in [4.69, 9.17) is 55.7 Å². The van der Waals surface area contributed by atoms with Crippen LogP contribution >= 0.6 is 35.4 Å². The van der Waals surface area contributed by atoms with E-state index >= 15 is 0 Å². The minimum absolute atomic E-state index is 0.0431. The van der Waals surface area contributed by atoms with Crippen molar-refractivity contribution in [3.8, 4) is 33.6 Å². The van der Waals surface area contributed by atoms with Crippen molar-refractivity contribution in [3.63, 3.8) is 0 Å². The molecule has 1 aliphatic rings. The van der Waals surface area contributed by atoms with Gasteiger partial charge in [0.25, 0.3) is 18.8 Å². The Bertz CT molecular complexity index is 4400. The molecule has 10 rings (SSSR count). The van der Waals surface area contributed by atoms with Crippen LogP contribution in [0, 0.1) is 10.8 Å². The number of rotatable bonds is 22. The van der Waals surface area contributed by atoms with Crippen molar-refractivity contribution in [2.24, 2.45) is 16.6 Å². The highest BCUT2D eigenvalue weighted by Crippen LogP contribution is 2.46. The van der Waals surface area contributed by atoms with Gasteiger partial charge < -0.3 is 36.1 Å². The van der Waals surface area contributed by atoms with E-state index in [1.807, 2.05) is 71.9 Å². The summed E-state index contributed by atoms with van der Waals surface area (Å²) in [6.45, 7) is 13.1. The molecule has 0 unspecified atom stereocenters. The molecule has 4 aromatic heterocycles. The first-order valence-corrected chi connectivity index (χ1v) is 32.9. The van der Waals surface area contributed by atoms with Crippen LogP contribution in [0.4, 0.5) is 39.9 Å². The van der Waals surface area contributed by atoms with E-state index in [1.165, 1.54) is 54.0 Å². The van der Waals surface area contributed by atoms with Gasteiger partial charge in [-0.3, -0.25) is 15.0 Å². The lowest BCUT2D eigenvalue weighted by Gasteiger charge is -2.39. The summed E-state index contributed by atoms with van der Waals surface area (Å²) in [5, 5.41) is 43.6. The number of alkyl halides is 8. The van der Waals surface area contributed by atoms with Gasteiger partial charge in [-0.1, -0.05) is 162 Å². The fraction of sp³-hybridized carbons (Fsp3) is 0.343. The number of alkyl carbamates (subject to hydrolysis) is 1. The van der Waals surface area contributed by atoms with E-state index in [2.05, 4.69) is 52.9 Å². The number of thiocarbonyl (C=S) groups is 1. The third-order valence-electron chi connectivity index (χ3n) is 15.7. The zero-order valence-corrected chi connectivity index (χ0v) is 59.2. The van der Waals surface area contributed by atoms with Crippen LogP contribution in [0.2, 0.25) is 10.0 Å². The molecule has 0 bridgehead atoms. The number of nitrogens with zero attached hydrogens (tertiary/aromatic N) is 11. The summed E-state index contributed by atoms with van der Waals surface area (Å²) in [7, 11) is 0. The van der Waals surface area contributed by atoms with Crippen LogP contribution in [0.3, 0.4) is 0 Å².